The summed E-state index contributed by atoms with van der Waals surface area (Å²) in [5, 5.41) is 18.2. The average molecular weight is 354 g/mol. The number of benzene rings is 1. The highest BCUT2D eigenvalue weighted by molar-refractivity contribution is 5.79. The number of rotatable bonds is 3. The molecule has 2 aliphatic heterocycles. The molecule has 3 unspecified atom stereocenters. The summed E-state index contributed by atoms with van der Waals surface area (Å²) in [4.78, 5) is 15.1. The highest BCUT2D eigenvalue weighted by atomic mass is 16.3. The van der Waals surface area contributed by atoms with E-state index >= 15 is 0 Å². The first-order valence-electron chi connectivity index (χ1n) is 9.53. The molecule has 0 aliphatic carbocycles. The predicted octanol–water partition coefficient (Wildman–Crippen LogP) is 1.98. The average Bonchev–Trinajstić information content (AvgIpc) is 3.10. The quantitative estimate of drug-likeness (QED) is 0.915. The fourth-order valence-electron chi connectivity index (χ4n) is 4.38. The molecule has 2 aromatic rings. The number of hydrogen-bond donors (Lipinski definition) is 1. The number of aliphatic hydroxyl groups is 1. The number of amides is 1. The number of aliphatic hydroxyl groups excluding tert-OH is 1. The molecule has 1 aromatic heterocycles. The van der Waals surface area contributed by atoms with Crippen molar-refractivity contribution in [2.45, 2.75) is 32.7 Å². The van der Waals surface area contributed by atoms with Gasteiger partial charge in [0, 0.05) is 38.2 Å². The van der Waals surface area contributed by atoms with Gasteiger partial charge in [-0.25, -0.2) is 0 Å². The number of fused-ring (bicyclic) bond motifs is 1. The molecule has 1 amide bonds. The Hall–Kier alpha value is -2.21. The monoisotopic (exact) mass is 354 g/mol. The largest absolute Gasteiger partial charge is 0.396 e. The molecule has 0 spiro atoms. The Morgan fingerprint density at radius 3 is 2.77 bits per heavy atom. The zero-order valence-electron chi connectivity index (χ0n) is 15.2. The number of likely N-dealkylation sites (tertiary alicyclic amines) is 1. The van der Waals surface area contributed by atoms with Crippen LogP contribution in [0.3, 0.4) is 0 Å². The molecule has 0 radical (unpaired) electrons. The molecule has 1 aromatic carbocycles. The SMILES string of the molecule is CC1CC(CO)CN(C(=O)C2CCc3nnc(-c4ccccc4)n3C2)C1. The van der Waals surface area contributed by atoms with Crippen molar-refractivity contribution in [1.29, 1.82) is 0 Å². The van der Waals surface area contributed by atoms with Crippen LogP contribution in [0.25, 0.3) is 11.4 Å². The smallest absolute Gasteiger partial charge is 0.227 e. The van der Waals surface area contributed by atoms with Gasteiger partial charge in [-0.3, -0.25) is 4.79 Å². The maximum absolute atomic E-state index is 13.1. The minimum Gasteiger partial charge on any atom is -0.396 e. The van der Waals surface area contributed by atoms with Crippen molar-refractivity contribution in [2.75, 3.05) is 19.7 Å². The van der Waals surface area contributed by atoms with E-state index in [2.05, 4.69) is 21.7 Å². The van der Waals surface area contributed by atoms with Crippen molar-refractivity contribution >= 4 is 5.91 Å². The Balaban J connectivity index is 1.53. The van der Waals surface area contributed by atoms with Gasteiger partial charge in [-0.2, -0.15) is 0 Å². The Kier molecular flexibility index (Phi) is 4.76. The van der Waals surface area contributed by atoms with Crippen molar-refractivity contribution in [2.24, 2.45) is 17.8 Å². The highest BCUT2D eigenvalue weighted by Gasteiger charge is 2.34. The second-order valence-electron chi connectivity index (χ2n) is 7.78. The van der Waals surface area contributed by atoms with Gasteiger partial charge in [0.1, 0.15) is 5.82 Å². The molecule has 1 N–H and O–H groups in total. The Labute approximate surface area is 153 Å². The third-order valence-electron chi connectivity index (χ3n) is 5.64. The Bertz CT molecular complexity index is 773. The van der Waals surface area contributed by atoms with Crippen LogP contribution in [0.15, 0.2) is 30.3 Å². The summed E-state index contributed by atoms with van der Waals surface area (Å²) in [6.45, 7) is 4.43. The lowest BCUT2D eigenvalue weighted by Crippen LogP contribution is -2.48. The second kappa shape index (κ2) is 7.19. The van der Waals surface area contributed by atoms with Gasteiger partial charge in [-0.1, -0.05) is 37.3 Å². The Morgan fingerprint density at radius 2 is 2.00 bits per heavy atom. The fourth-order valence-corrected chi connectivity index (χ4v) is 4.38. The van der Waals surface area contributed by atoms with E-state index in [-0.39, 0.29) is 24.3 Å². The number of aromatic nitrogens is 3. The van der Waals surface area contributed by atoms with Gasteiger partial charge in [0.15, 0.2) is 5.82 Å². The molecule has 6 heteroatoms. The first-order chi connectivity index (χ1) is 12.7. The molecule has 3 heterocycles. The van der Waals surface area contributed by atoms with Crippen LogP contribution < -0.4 is 0 Å². The number of hydrogen-bond acceptors (Lipinski definition) is 4. The number of piperidine rings is 1. The van der Waals surface area contributed by atoms with Crippen molar-refractivity contribution in [3.05, 3.63) is 36.2 Å². The van der Waals surface area contributed by atoms with E-state index in [0.717, 1.165) is 43.0 Å². The van der Waals surface area contributed by atoms with Crippen LogP contribution in [-0.2, 0) is 17.8 Å². The van der Waals surface area contributed by atoms with Crippen molar-refractivity contribution in [1.82, 2.24) is 19.7 Å². The van der Waals surface area contributed by atoms with Gasteiger partial charge in [0.2, 0.25) is 5.91 Å². The topological polar surface area (TPSA) is 71.2 Å². The number of carbonyl (C=O) groups excluding carboxylic acids is 1. The third kappa shape index (κ3) is 3.26. The maximum atomic E-state index is 13.1. The first kappa shape index (κ1) is 17.2. The third-order valence-corrected chi connectivity index (χ3v) is 5.64. The number of carbonyl (C=O) groups is 1. The van der Waals surface area contributed by atoms with Gasteiger partial charge in [-0.05, 0) is 24.7 Å². The predicted molar refractivity (Wildman–Crippen MR) is 98.2 cm³/mol. The fraction of sp³-hybridized carbons (Fsp3) is 0.550. The summed E-state index contributed by atoms with van der Waals surface area (Å²) in [6, 6.07) is 10.0. The minimum atomic E-state index is -0.0365. The molecule has 6 nitrogen and oxygen atoms in total. The molecule has 3 atom stereocenters. The van der Waals surface area contributed by atoms with E-state index in [1.54, 1.807) is 0 Å². The normalized spacial score (nSPS) is 25.8. The zero-order valence-corrected chi connectivity index (χ0v) is 15.2. The summed E-state index contributed by atoms with van der Waals surface area (Å²) >= 11 is 0. The van der Waals surface area contributed by atoms with Gasteiger partial charge >= 0.3 is 0 Å². The molecule has 4 rings (SSSR count). The van der Waals surface area contributed by atoms with Gasteiger partial charge in [0.25, 0.3) is 0 Å². The van der Waals surface area contributed by atoms with Crippen LogP contribution >= 0.6 is 0 Å². The van der Waals surface area contributed by atoms with Crippen LogP contribution in [0.1, 0.15) is 25.6 Å². The lowest BCUT2D eigenvalue weighted by molar-refractivity contribution is -0.139. The lowest BCUT2D eigenvalue weighted by atomic mass is 9.89. The molecule has 26 heavy (non-hydrogen) atoms. The maximum Gasteiger partial charge on any atom is 0.227 e. The minimum absolute atomic E-state index is 0.0365. The molecule has 138 valence electrons. The molecular weight excluding hydrogens is 328 g/mol. The molecule has 2 aliphatic rings. The highest BCUT2D eigenvalue weighted by Crippen LogP contribution is 2.29. The molecule has 1 saturated heterocycles. The molecule has 0 saturated carbocycles. The van der Waals surface area contributed by atoms with Crippen molar-refractivity contribution in [3.8, 4) is 11.4 Å². The molecule has 1 fully saturated rings. The molecular formula is C20H26N4O2. The Morgan fingerprint density at radius 1 is 1.19 bits per heavy atom. The van der Waals surface area contributed by atoms with Crippen molar-refractivity contribution in [3.63, 3.8) is 0 Å². The van der Waals surface area contributed by atoms with Gasteiger partial charge < -0.3 is 14.6 Å². The summed E-state index contributed by atoms with van der Waals surface area (Å²) in [5.41, 5.74) is 1.03. The van der Waals surface area contributed by atoms with Crippen LogP contribution in [0.5, 0.6) is 0 Å². The van der Waals surface area contributed by atoms with Crippen molar-refractivity contribution < 1.29 is 9.90 Å². The van der Waals surface area contributed by atoms with Gasteiger partial charge in [0.05, 0.1) is 5.92 Å². The van der Waals surface area contributed by atoms with Crippen LogP contribution in [-0.4, -0.2) is 50.4 Å². The number of nitrogens with zero attached hydrogens (tertiary/aromatic N) is 4. The van der Waals surface area contributed by atoms with Crippen LogP contribution in [0.2, 0.25) is 0 Å². The van der Waals surface area contributed by atoms with E-state index in [1.807, 2.05) is 35.2 Å². The summed E-state index contributed by atoms with van der Waals surface area (Å²) in [5.74, 6) is 2.64. The summed E-state index contributed by atoms with van der Waals surface area (Å²) in [6.07, 6.45) is 2.60. The second-order valence-corrected chi connectivity index (χ2v) is 7.78. The van der Waals surface area contributed by atoms with Crippen LogP contribution in [0, 0.1) is 17.8 Å². The lowest BCUT2D eigenvalue weighted by Gasteiger charge is -2.38. The number of aryl methyl sites for hydroxylation is 1. The first-order valence-corrected chi connectivity index (χ1v) is 9.53. The van der Waals surface area contributed by atoms with Crippen LogP contribution in [0.4, 0.5) is 0 Å². The summed E-state index contributed by atoms with van der Waals surface area (Å²) < 4.78 is 2.11. The standard InChI is InChI=1S/C20H26N4O2/c1-14-9-15(13-25)11-23(10-14)20(26)17-7-8-18-21-22-19(24(18)12-17)16-5-3-2-4-6-16/h2-6,14-15,17,25H,7-13H2,1H3. The zero-order chi connectivity index (χ0) is 18.1. The molecule has 0 bridgehead atoms. The van der Waals surface area contributed by atoms with E-state index in [4.69, 9.17) is 0 Å². The summed E-state index contributed by atoms with van der Waals surface area (Å²) in [7, 11) is 0. The van der Waals surface area contributed by atoms with E-state index in [0.29, 0.717) is 19.0 Å². The van der Waals surface area contributed by atoms with E-state index in [9.17, 15) is 9.90 Å². The van der Waals surface area contributed by atoms with E-state index in [1.165, 1.54) is 0 Å². The van der Waals surface area contributed by atoms with E-state index < -0.39 is 0 Å². The van der Waals surface area contributed by atoms with Gasteiger partial charge in [-0.15, -0.1) is 10.2 Å².